The summed E-state index contributed by atoms with van der Waals surface area (Å²) in [5.74, 6) is 0. The van der Waals surface area contributed by atoms with Crippen molar-refractivity contribution in [2.45, 2.75) is 109 Å². The van der Waals surface area contributed by atoms with E-state index < -0.39 is 7.12 Å². The predicted octanol–water partition coefficient (Wildman–Crippen LogP) is 11.7. The van der Waals surface area contributed by atoms with E-state index >= 15 is 0 Å². The number of hydrogen-bond acceptors (Lipinski definition) is 2. The summed E-state index contributed by atoms with van der Waals surface area (Å²) < 4.78 is 0. The number of unbranched alkanes of at least 4 members (excludes halogenated alkanes) is 10. The zero-order valence-electron chi connectivity index (χ0n) is 29.0. The van der Waals surface area contributed by atoms with E-state index in [9.17, 15) is 10.0 Å². The van der Waals surface area contributed by atoms with Gasteiger partial charge in [0, 0.05) is 5.41 Å². The highest BCUT2D eigenvalue weighted by atomic mass is 16.4. The summed E-state index contributed by atoms with van der Waals surface area (Å²) >= 11 is 0. The van der Waals surface area contributed by atoms with Gasteiger partial charge >= 0.3 is 7.12 Å². The summed E-state index contributed by atoms with van der Waals surface area (Å²) in [6, 6.07) is 33.7. The van der Waals surface area contributed by atoms with Crippen molar-refractivity contribution in [2.24, 2.45) is 0 Å². The van der Waals surface area contributed by atoms with Crippen LogP contribution in [-0.4, -0.2) is 17.2 Å². The van der Waals surface area contributed by atoms with Crippen LogP contribution in [-0.2, 0) is 5.41 Å². The fourth-order valence-corrected chi connectivity index (χ4v) is 9.07. The molecular formula is C45H51BO2. The minimum absolute atomic E-state index is 0.236. The second-order valence-corrected chi connectivity index (χ2v) is 14.5. The second-order valence-electron chi connectivity index (χ2n) is 14.5. The first kappa shape index (κ1) is 32.9. The molecule has 0 spiro atoms. The van der Waals surface area contributed by atoms with Crippen LogP contribution in [0.1, 0.15) is 115 Å². The van der Waals surface area contributed by atoms with Crippen molar-refractivity contribution < 1.29 is 10.0 Å². The quantitative estimate of drug-likeness (QED) is 0.0632. The normalized spacial score (nSPS) is 13.5. The summed E-state index contributed by atoms with van der Waals surface area (Å²) in [6.45, 7) is 4.56. The topological polar surface area (TPSA) is 40.5 Å². The molecule has 0 aromatic heterocycles. The molecule has 0 saturated heterocycles. The molecule has 1 aliphatic rings. The van der Waals surface area contributed by atoms with Crippen LogP contribution < -0.4 is 5.46 Å². The average molecular weight is 635 g/mol. The third-order valence-electron chi connectivity index (χ3n) is 11.4. The van der Waals surface area contributed by atoms with Gasteiger partial charge in [0.15, 0.2) is 0 Å². The lowest BCUT2D eigenvalue weighted by Gasteiger charge is -2.35. The van der Waals surface area contributed by atoms with E-state index in [-0.39, 0.29) is 5.41 Å². The van der Waals surface area contributed by atoms with Crippen LogP contribution in [0.25, 0.3) is 54.6 Å². The smallest absolute Gasteiger partial charge is 0.423 e. The molecule has 0 atom stereocenters. The number of benzene rings is 6. The molecule has 0 heterocycles. The Labute approximate surface area is 287 Å². The minimum atomic E-state index is -1.49. The summed E-state index contributed by atoms with van der Waals surface area (Å²) in [6.07, 6.45) is 17.1. The molecule has 0 radical (unpaired) electrons. The maximum absolute atomic E-state index is 10.8. The first-order valence-corrected chi connectivity index (χ1v) is 18.9. The molecule has 7 rings (SSSR count). The Morgan fingerprint density at radius 3 is 1.75 bits per heavy atom. The van der Waals surface area contributed by atoms with Gasteiger partial charge in [0.1, 0.15) is 0 Å². The van der Waals surface area contributed by atoms with Gasteiger partial charge in [-0.2, -0.15) is 0 Å². The van der Waals surface area contributed by atoms with Crippen molar-refractivity contribution in [2.75, 3.05) is 0 Å². The minimum Gasteiger partial charge on any atom is -0.423 e. The Kier molecular flexibility index (Phi) is 9.89. The zero-order chi connectivity index (χ0) is 33.1. The molecule has 0 bridgehead atoms. The highest BCUT2D eigenvalue weighted by molar-refractivity contribution is 6.59. The monoisotopic (exact) mass is 634 g/mol. The molecule has 0 fully saturated rings. The van der Waals surface area contributed by atoms with E-state index in [4.69, 9.17) is 0 Å². The summed E-state index contributed by atoms with van der Waals surface area (Å²) in [5.41, 5.74) is 7.99. The van der Waals surface area contributed by atoms with Crippen LogP contribution in [0.3, 0.4) is 0 Å². The van der Waals surface area contributed by atoms with Crippen molar-refractivity contribution in [3.63, 3.8) is 0 Å². The molecule has 246 valence electrons. The van der Waals surface area contributed by atoms with Crippen LogP contribution in [0, 0.1) is 0 Å². The largest absolute Gasteiger partial charge is 0.488 e. The number of hydrogen-bond donors (Lipinski definition) is 2. The molecule has 0 unspecified atom stereocenters. The van der Waals surface area contributed by atoms with Gasteiger partial charge < -0.3 is 10.0 Å². The van der Waals surface area contributed by atoms with Crippen LogP contribution in [0.5, 0.6) is 0 Å². The van der Waals surface area contributed by atoms with E-state index in [1.807, 2.05) is 12.1 Å². The molecule has 0 aliphatic heterocycles. The Balaban J connectivity index is 1.36. The molecule has 1 aliphatic carbocycles. The van der Waals surface area contributed by atoms with Crippen molar-refractivity contribution in [1.82, 2.24) is 0 Å². The molecular weight excluding hydrogens is 583 g/mol. The van der Waals surface area contributed by atoms with E-state index in [1.54, 1.807) is 0 Å². The van der Waals surface area contributed by atoms with E-state index in [0.717, 1.165) is 25.7 Å². The maximum Gasteiger partial charge on any atom is 0.488 e. The number of fused-ring (bicyclic) bond motifs is 3. The van der Waals surface area contributed by atoms with Crippen LogP contribution in [0.2, 0.25) is 0 Å². The lowest BCUT2D eigenvalue weighted by molar-refractivity contribution is 0.394. The maximum atomic E-state index is 10.8. The first-order valence-electron chi connectivity index (χ1n) is 18.9. The van der Waals surface area contributed by atoms with Gasteiger partial charge in [-0.05, 0) is 90.1 Å². The fraction of sp³-hybridized carbons (Fsp3) is 0.378. The Morgan fingerprint density at radius 2 is 1.08 bits per heavy atom. The van der Waals surface area contributed by atoms with E-state index in [2.05, 4.69) is 92.7 Å². The van der Waals surface area contributed by atoms with Gasteiger partial charge in [0.2, 0.25) is 0 Å². The van der Waals surface area contributed by atoms with Crippen LogP contribution in [0.15, 0.2) is 91.0 Å². The second kappa shape index (κ2) is 14.4. The van der Waals surface area contributed by atoms with Crippen LogP contribution in [0.4, 0.5) is 0 Å². The van der Waals surface area contributed by atoms with Gasteiger partial charge in [0.25, 0.3) is 0 Å². The SMILES string of the molecule is CCCCCCCCC1(CCCCCCCC)c2cc(-c3ccc4ccc5cccc6ccc3c4c56)ccc2-c2cccc(B(O)O)c21. The summed E-state index contributed by atoms with van der Waals surface area (Å²) in [5, 5.41) is 29.4. The molecule has 48 heavy (non-hydrogen) atoms. The summed E-state index contributed by atoms with van der Waals surface area (Å²) in [4.78, 5) is 0. The van der Waals surface area contributed by atoms with Gasteiger partial charge in [0.05, 0.1) is 0 Å². The lowest BCUT2D eigenvalue weighted by Crippen LogP contribution is -2.39. The molecule has 3 heteroatoms. The van der Waals surface area contributed by atoms with Gasteiger partial charge in [-0.1, -0.05) is 176 Å². The standard InChI is InChI=1S/C45H51BO2/c1-3-5-7-9-11-13-29-45(30-14-12-10-8-6-4-2)40-31-35(25-27-37(40)39-19-16-20-41(44(39)45)46(47)48)36-26-23-34-22-21-32-17-15-18-33-24-28-38(36)43(34)42(32)33/h15-28,31,47-48H,3-14,29-30H2,1-2H3. The molecule has 2 nitrogen and oxygen atoms in total. The third kappa shape index (κ3) is 5.94. The zero-order valence-corrected chi connectivity index (χ0v) is 29.0. The Morgan fingerprint density at radius 1 is 0.521 bits per heavy atom. The lowest BCUT2D eigenvalue weighted by atomic mass is 9.64. The van der Waals surface area contributed by atoms with Crippen molar-refractivity contribution in [3.8, 4) is 22.3 Å². The first-order chi connectivity index (χ1) is 23.6. The Hall–Kier alpha value is -3.66. The molecule has 0 saturated carbocycles. The molecule has 2 N–H and O–H groups in total. The average Bonchev–Trinajstić information content (AvgIpc) is 3.39. The van der Waals surface area contributed by atoms with Crippen molar-refractivity contribution in [3.05, 3.63) is 102 Å². The molecule has 6 aromatic carbocycles. The Bertz CT molecular complexity index is 1980. The highest BCUT2D eigenvalue weighted by Gasteiger charge is 2.45. The van der Waals surface area contributed by atoms with Gasteiger partial charge in [-0.25, -0.2) is 0 Å². The molecule has 6 aromatic rings. The fourth-order valence-electron chi connectivity index (χ4n) is 9.07. The highest BCUT2D eigenvalue weighted by Crippen LogP contribution is 2.55. The number of rotatable bonds is 16. The van der Waals surface area contributed by atoms with Crippen molar-refractivity contribution in [1.29, 1.82) is 0 Å². The summed E-state index contributed by atoms with van der Waals surface area (Å²) in [7, 11) is -1.49. The van der Waals surface area contributed by atoms with Gasteiger partial charge in [-0.3, -0.25) is 0 Å². The predicted molar refractivity (Wildman–Crippen MR) is 208 cm³/mol. The van der Waals surface area contributed by atoms with E-state index in [1.165, 1.54) is 130 Å². The van der Waals surface area contributed by atoms with E-state index in [0.29, 0.717) is 5.46 Å². The van der Waals surface area contributed by atoms with Gasteiger partial charge in [-0.15, -0.1) is 0 Å². The van der Waals surface area contributed by atoms with Crippen molar-refractivity contribution >= 4 is 44.9 Å². The molecule has 0 amide bonds. The third-order valence-corrected chi connectivity index (χ3v) is 11.4. The van der Waals surface area contributed by atoms with Crippen LogP contribution >= 0.6 is 0 Å².